The van der Waals surface area contributed by atoms with E-state index in [4.69, 9.17) is 0 Å². The second-order valence-corrected chi connectivity index (χ2v) is 8.45. The van der Waals surface area contributed by atoms with Crippen LogP contribution in [0.1, 0.15) is 18.4 Å². The van der Waals surface area contributed by atoms with Crippen LogP contribution in [0.4, 0.5) is 24.5 Å². The van der Waals surface area contributed by atoms with Crippen molar-refractivity contribution in [3.63, 3.8) is 0 Å². The van der Waals surface area contributed by atoms with E-state index in [1.165, 1.54) is 18.2 Å². The maximum absolute atomic E-state index is 14.4. The summed E-state index contributed by atoms with van der Waals surface area (Å²) in [6, 6.07) is 6.66. The lowest BCUT2D eigenvalue weighted by molar-refractivity contribution is 0.453. The normalized spacial score (nSPS) is 19.9. The van der Waals surface area contributed by atoms with E-state index in [0.29, 0.717) is 24.9 Å². The second-order valence-electron chi connectivity index (χ2n) is 6.30. The maximum atomic E-state index is 14.4. The molecule has 1 heterocycles. The first kappa shape index (κ1) is 19.0. The highest BCUT2D eigenvalue weighted by molar-refractivity contribution is 8.26. The van der Waals surface area contributed by atoms with E-state index >= 15 is 0 Å². The molecule has 0 aromatic heterocycles. The Kier molecular flexibility index (Phi) is 5.47. The molecule has 0 saturated heterocycles. The van der Waals surface area contributed by atoms with Crippen molar-refractivity contribution in [3.05, 3.63) is 59.4 Å². The molecule has 26 heavy (non-hydrogen) atoms. The molecule has 3 N–H and O–H groups in total. The third-order valence-corrected chi connectivity index (χ3v) is 6.73. The molecule has 2 aromatic carbocycles. The lowest BCUT2D eigenvalue weighted by Crippen LogP contribution is -2.38. The zero-order valence-corrected chi connectivity index (χ0v) is 15.1. The Bertz CT molecular complexity index is 804. The molecule has 2 aromatic rings. The van der Waals surface area contributed by atoms with E-state index in [0.717, 1.165) is 22.5 Å². The number of halogens is 3. The number of anilines is 2. The summed E-state index contributed by atoms with van der Waals surface area (Å²) in [7, 11) is -1.70. The summed E-state index contributed by atoms with van der Waals surface area (Å²) < 4.78 is 64.8. The van der Waals surface area contributed by atoms with Crippen LogP contribution in [0.5, 0.6) is 0 Å². The van der Waals surface area contributed by atoms with Gasteiger partial charge in [0.25, 0.3) is 0 Å². The van der Waals surface area contributed by atoms with E-state index in [2.05, 4.69) is 5.32 Å². The molecular formula is C18H21F3N2O2S. The van der Waals surface area contributed by atoms with Gasteiger partial charge in [0.15, 0.2) is 0 Å². The Morgan fingerprint density at radius 1 is 1.08 bits per heavy atom. The van der Waals surface area contributed by atoms with Crippen LogP contribution < -0.4 is 9.62 Å². The molecular weight excluding hydrogens is 365 g/mol. The van der Waals surface area contributed by atoms with Crippen LogP contribution >= 0.6 is 10.8 Å². The molecule has 0 aliphatic carbocycles. The topological polar surface area (TPSA) is 55.7 Å². The molecule has 1 atom stereocenters. The van der Waals surface area contributed by atoms with Gasteiger partial charge in [-0.3, -0.25) is 9.11 Å². The van der Waals surface area contributed by atoms with Gasteiger partial charge in [0, 0.05) is 6.07 Å². The van der Waals surface area contributed by atoms with Crippen molar-refractivity contribution < 1.29 is 22.3 Å². The predicted molar refractivity (Wildman–Crippen MR) is 98.4 cm³/mol. The van der Waals surface area contributed by atoms with Gasteiger partial charge in [0.2, 0.25) is 0 Å². The fourth-order valence-electron chi connectivity index (χ4n) is 3.25. The Morgan fingerprint density at radius 2 is 1.77 bits per heavy atom. The van der Waals surface area contributed by atoms with Gasteiger partial charge in [-0.05, 0) is 68.8 Å². The number of benzene rings is 2. The van der Waals surface area contributed by atoms with Gasteiger partial charge >= 0.3 is 0 Å². The number of hydrogen-bond donors (Lipinski definition) is 3. The summed E-state index contributed by atoms with van der Waals surface area (Å²) in [6.45, 7) is 0.677. The zero-order valence-electron chi connectivity index (χ0n) is 14.3. The van der Waals surface area contributed by atoms with Gasteiger partial charge in [0.1, 0.15) is 23.1 Å². The maximum Gasteiger partial charge on any atom is 0.148 e. The Hall–Kier alpha value is -1.74. The van der Waals surface area contributed by atoms with Crippen LogP contribution in [-0.4, -0.2) is 27.9 Å². The van der Waals surface area contributed by atoms with Crippen LogP contribution in [0, 0.1) is 17.5 Å². The Morgan fingerprint density at radius 3 is 2.50 bits per heavy atom. The third-order valence-electron chi connectivity index (χ3n) is 4.50. The van der Waals surface area contributed by atoms with E-state index < -0.39 is 33.5 Å². The highest BCUT2D eigenvalue weighted by Gasteiger charge is 2.40. The molecule has 0 fully saturated rings. The van der Waals surface area contributed by atoms with E-state index in [-0.39, 0.29) is 17.8 Å². The average molecular weight is 386 g/mol. The van der Waals surface area contributed by atoms with E-state index in [1.54, 1.807) is 7.05 Å². The summed E-state index contributed by atoms with van der Waals surface area (Å²) in [5, 5.41) is 2.37. The number of nitrogens with zero attached hydrogens (tertiary/aromatic N) is 1. The van der Waals surface area contributed by atoms with Gasteiger partial charge in [-0.2, -0.15) is 0 Å². The fourth-order valence-corrected chi connectivity index (χ4v) is 5.33. The quantitative estimate of drug-likeness (QED) is 0.644. The van der Waals surface area contributed by atoms with Gasteiger partial charge < -0.3 is 5.32 Å². The highest BCUT2D eigenvalue weighted by Crippen LogP contribution is 2.61. The highest BCUT2D eigenvalue weighted by atomic mass is 32.3. The summed E-state index contributed by atoms with van der Waals surface area (Å²) >= 11 is 0. The van der Waals surface area contributed by atoms with Crippen molar-refractivity contribution in [2.45, 2.75) is 24.5 Å². The first-order chi connectivity index (χ1) is 12.3. The molecule has 0 amide bonds. The summed E-state index contributed by atoms with van der Waals surface area (Å²) in [4.78, 5) is 0. The number of nitrogens with one attached hydrogen (secondary N) is 1. The molecule has 8 heteroatoms. The summed E-state index contributed by atoms with van der Waals surface area (Å²) in [5.41, 5.74) is 0.547. The van der Waals surface area contributed by atoms with E-state index in [1.807, 2.05) is 0 Å². The first-order valence-corrected chi connectivity index (χ1v) is 9.86. The van der Waals surface area contributed by atoms with Crippen LogP contribution in [0.25, 0.3) is 0 Å². The SMILES string of the molecule is CNCCCC1Cc2cc(F)ccc2N(c2cc(F)ccc2F)S1(O)O. The minimum atomic E-state index is -3.49. The lowest BCUT2D eigenvalue weighted by atomic mass is 10.0. The molecule has 3 rings (SSSR count). The second kappa shape index (κ2) is 7.48. The van der Waals surface area contributed by atoms with Gasteiger partial charge in [-0.15, -0.1) is 10.8 Å². The molecule has 1 aliphatic heterocycles. The summed E-state index contributed by atoms with van der Waals surface area (Å²) in [6.07, 6.45) is 1.38. The fraction of sp³-hybridized carbons (Fsp3) is 0.333. The lowest BCUT2D eigenvalue weighted by Gasteiger charge is -2.53. The van der Waals surface area contributed by atoms with Gasteiger partial charge in [0.05, 0.1) is 10.9 Å². The van der Waals surface area contributed by atoms with Gasteiger partial charge in [-0.25, -0.2) is 17.5 Å². The van der Waals surface area contributed by atoms with Crippen LogP contribution in [0.3, 0.4) is 0 Å². The molecule has 0 saturated carbocycles. The van der Waals surface area contributed by atoms with Crippen molar-refractivity contribution in [2.75, 3.05) is 17.9 Å². The van der Waals surface area contributed by atoms with Crippen LogP contribution in [0.2, 0.25) is 0 Å². The summed E-state index contributed by atoms with van der Waals surface area (Å²) in [5.74, 6) is -1.94. The average Bonchev–Trinajstić information content (AvgIpc) is 2.58. The molecule has 0 spiro atoms. The standard InChI is InChI=1S/C18H21F3N2O2S/c1-22-8-2-3-15-10-12-9-13(19)5-7-17(12)23(26(15,24)25)18-11-14(20)4-6-16(18)21/h4-7,9,11,15,22,24-25H,2-3,8,10H2,1H3. The van der Waals surface area contributed by atoms with Crippen LogP contribution in [-0.2, 0) is 6.42 Å². The number of fused-ring (bicyclic) bond motifs is 1. The molecule has 0 radical (unpaired) electrons. The van der Waals surface area contributed by atoms with Crippen molar-refractivity contribution >= 4 is 22.2 Å². The molecule has 1 aliphatic rings. The molecule has 4 nitrogen and oxygen atoms in total. The van der Waals surface area contributed by atoms with Gasteiger partial charge in [-0.1, -0.05) is 0 Å². The molecule has 0 bridgehead atoms. The number of rotatable bonds is 5. The van der Waals surface area contributed by atoms with Crippen LogP contribution in [0.15, 0.2) is 36.4 Å². The third kappa shape index (κ3) is 3.55. The molecule has 1 unspecified atom stereocenters. The first-order valence-electron chi connectivity index (χ1n) is 8.30. The smallest absolute Gasteiger partial charge is 0.148 e. The van der Waals surface area contributed by atoms with Crippen molar-refractivity contribution in [2.24, 2.45) is 0 Å². The predicted octanol–water partition coefficient (Wildman–Crippen LogP) is 4.83. The largest absolute Gasteiger partial charge is 0.320 e. The minimum Gasteiger partial charge on any atom is -0.320 e. The molecule has 142 valence electrons. The van der Waals surface area contributed by atoms with Crippen molar-refractivity contribution in [1.29, 1.82) is 0 Å². The zero-order chi connectivity index (χ0) is 18.9. The minimum absolute atomic E-state index is 0.257. The number of hydrogen-bond acceptors (Lipinski definition) is 4. The monoisotopic (exact) mass is 386 g/mol. The Balaban J connectivity index is 2.11. The van der Waals surface area contributed by atoms with Crippen molar-refractivity contribution in [3.8, 4) is 0 Å². The van der Waals surface area contributed by atoms with Crippen molar-refractivity contribution in [1.82, 2.24) is 5.32 Å². The Labute approximate surface area is 152 Å². The van der Waals surface area contributed by atoms with E-state index in [9.17, 15) is 22.3 Å².